The predicted molar refractivity (Wildman–Crippen MR) is 83.6 cm³/mol. The third-order valence-corrected chi connectivity index (χ3v) is 6.33. The molecule has 1 atom stereocenters. The molecule has 24 heavy (non-hydrogen) atoms. The minimum atomic E-state index is -3.85. The average molecular weight is 387 g/mol. The van der Waals surface area contributed by atoms with Gasteiger partial charge in [0.15, 0.2) is 11.6 Å². The SMILES string of the molecule is Cl.O=S(=O)(c1ccc(OC(F)F)c(F)c1)N1CCC2(CCNC2)C1. The highest BCUT2D eigenvalue weighted by atomic mass is 35.5. The smallest absolute Gasteiger partial charge is 0.387 e. The molecule has 2 aliphatic heterocycles. The van der Waals surface area contributed by atoms with Crippen LogP contribution >= 0.6 is 12.4 Å². The molecule has 2 aliphatic rings. The third-order valence-electron chi connectivity index (χ3n) is 4.49. The Morgan fingerprint density at radius 3 is 2.62 bits per heavy atom. The normalized spacial score (nSPS) is 24.5. The van der Waals surface area contributed by atoms with Crippen molar-refractivity contribution in [1.29, 1.82) is 0 Å². The number of sulfonamides is 1. The monoisotopic (exact) mass is 386 g/mol. The van der Waals surface area contributed by atoms with Gasteiger partial charge in [0.05, 0.1) is 4.90 Å². The molecule has 0 amide bonds. The number of halogens is 4. The summed E-state index contributed by atoms with van der Waals surface area (Å²) in [6, 6.07) is 2.73. The molecule has 0 aliphatic carbocycles. The van der Waals surface area contributed by atoms with Gasteiger partial charge in [-0.3, -0.25) is 0 Å². The molecule has 1 N–H and O–H groups in total. The number of nitrogens with one attached hydrogen (secondary N) is 1. The van der Waals surface area contributed by atoms with Crippen LogP contribution in [0.1, 0.15) is 12.8 Å². The molecule has 2 saturated heterocycles. The molecular formula is C14H18ClF3N2O3S. The number of hydrogen-bond acceptors (Lipinski definition) is 4. The van der Waals surface area contributed by atoms with Crippen LogP contribution in [0.2, 0.25) is 0 Å². The van der Waals surface area contributed by atoms with Crippen molar-refractivity contribution in [2.45, 2.75) is 24.3 Å². The molecule has 0 bridgehead atoms. The largest absolute Gasteiger partial charge is 0.432 e. The fourth-order valence-corrected chi connectivity index (χ4v) is 4.79. The van der Waals surface area contributed by atoms with Crippen LogP contribution in [-0.2, 0) is 10.0 Å². The number of ether oxygens (including phenoxy) is 1. The minimum absolute atomic E-state index is 0. The summed E-state index contributed by atoms with van der Waals surface area (Å²) in [5, 5.41) is 3.23. The summed E-state index contributed by atoms with van der Waals surface area (Å²) in [6.45, 7) is -0.767. The summed E-state index contributed by atoms with van der Waals surface area (Å²) >= 11 is 0. The molecule has 0 radical (unpaired) electrons. The standard InChI is InChI=1S/C14H17F3N2O3S.ClH/c15-11-7-10(1-2-12(11)22-13(16)17)23(20,21)19-6-4-14(9-19)3-5-18-8-14;/h1-2,7,13,18H,3-6,8-9H2;1H. The molecule has 1 spiro atoms. The van der Waals surface area contributed by atoms with Crippen molar-refractivity contribution in [2.24, 2.45) is 5.41 Å². The summed E-state index contributed by atoms with van der Waals surface area (Å²) in [7, 11) is -3.85. The topological polar surface area (TPSA) is 58.6 Å². The van der Waals surface area contributed by atoms with Gasteiger partial charge in [0.1, 0.15) is 0 Å². The van der Waals surface area contributed by atoms with Crippen LogP contribution in [0.25, 0.3) is 0 Å². The maximum atomic E-state index is 13.8. The molecule has 0 saturated carbocycles. The summed E-state index contributed by atoms with van der Waals surface area (Å²) in [5.74, 6) is -1.79. The van der Waals surface area contributed by atoms with Crippen LogP contribution < -0.4 is 10.1 Å². The third kappa shape index (κ3) is 3.63. The molecule has 10 heteroatoms. The van der Waals surface area contributed by atoms with Crippen molar-refractivity contribution >= 4 is 22.4 Å². The zero-order chi connectivity index (χ0) is 16.7. The highest BCUT2D eigenvalue weighted by Crippen LogP contribution is 2.38. The zero-order valence-corrected chi connectivity index (χ0v) is 14.3. The van der Waals surface area contributed by atoms with Gasteiger partial charge in [0, 0.05) is 19.6 Å². The Balaban J connectivity index is 0.00000208. The van der Waals surface area contributed by atoms with Gasteiger partial charge in [0.2, 0.25) is 10.0 Å². The van der Waals surface area contributed by atoms with Crippen LogP contribution in [0.5, 0.6) is 5.75 Å². The average Bonchev–Trinajstić information content (AvgIpc) is 3.12. The van der Waals surface area contributed by atoms with Crippen molar-refractivity contribution in [1.82, 2.24) is 9.62 Å². The van der Waals surface area contributed by atoms with Crippen molar-refractivity contribution in [3.63, 3.8) is 0 Å². The molecular weight excluding hydrogens is 369 g/mol. The van der Waals surface area contributed by atoms with Crippen LogP contribution in [-0.4, -0.2) is 45.5 Å². The number of nitrogens with zero attached hydrogens (tertiary/aromatic N) is 1. The van der Waals surface area contributed by atoms with Crippen LogP contribution in [0.3, 0.4) is 0 Å². The molecule has 2 fully saturated rings. The Bertz CT molecular complexity index is 697. The van der Waals surface area contributed by atoms with E-state index < -0.39 is 28.2 Å². The first-order chi connectivity index (χ1) is 10.8. The Kier molecular flexibility index (Phi) is 5.68. The lowest BCUT2D eigenvalue weighted by Crippen LogP contribution is -2.33. The molecule has 136 valence electrons. The van der Waals surface area contributed by atoms with E-state index in [1.54, 1.807) is 0 Å². The van der Waals surface area contributed by atoms with E-state index in [-0.39, 0.29) is 22.7 Å². The van der Waals surface area contributed by atoms with Crippen molar-refractivity contribution in [3.05, 3.63) is 24.0 Å². The van der Waals surface area contributed by atoms with Gasteiger partial charge in [-0.2, -0.15) is 13.1 Å². The van der Waals surface area contributed by atoms with Gasteiger partial charge >= 0.3 is 6.61 Å². The summed E-state index contributed by atoms with van der Waals surface area (Å²) in [4.78, 5) is -0.250. The van der Waals surface area contributed by atoms with Gasteiger partial charge < -0.3 is 10.1 Å². The Morgan fingerprint density at radius 2 is 2.04 bits per heavy atom. The van der Waals surface area contributed by atoms with Gasteiger partial charge in [-0.05, 0) is 43.0 Å². The molecule has 1 aromatic rings. The van der Waals surface area contributed by atoms with Gasteiger partial charge in [-0.1, -0.05) is 0 Å². The molecule has 0 aromatic heterocycles. The molecule has 1 unspecified atom stereocenters. The first kappa shape index (κ1) is 19.3. The Morgan fingerprint density at radius 1 is 1.29 bits per heavy atom. The lowest BCUT2D eigenvalue weighted by molar-refractivity contribution is -0.0522. The maximum absolute atomic E-state index is 13.8. The Labute approximate surface area is 144 Å². The second-order valence-electron chi connectivity index (χ2n) is 5.99. The summed E-state index contributed by atoms with van der Waals surface area (Å²) in [5.41, 5.74) is -0.0512. The first-order valence-electron chi connectivity index (χ1n) is 7.28. The first-order valence-corrected chi connectivity index (χ1v) is 8.72. The van der Waals surface area contributed by atoms with E-state index in [1.807, 2.05) is 0 Å². The van der Waals surface area contributed by atoms with E-state index >= 15 is 0 Å². The second-order valence-corrected chi connectivity index (χ2v) is 7.92. The van der Waals surface area contributed by atoms with Crippen molar-refractivity contribution < 1.29 is 26.3 Å². The van der Waals surface area contributed by atoms with Crippen LogP contribution in [0.4, 0.5) is 13.2 Å². The van der Waals surface area contributed by atoms with Crippen molar-refractivity contribution in [2.75, 3.05) is 26.2 Å². The molecule has 5 nitrogen and oxygen atoms in total. The van der Waals surface area contributed by atoms with E-state index in [9.17, 15) is 21.6 Å². The number of benzene rings is 1. The van der Waals surface area contributed by atoms with Gasteiger partial charge in [-0.15, -0.1) is 12.4 Å². The van der Waals surface area contributed by atoms with Gasteiger partial charge in [-0.25, -0.2) is 12.8 Å². The molecule has 2 heterocycles. The van der Waals surface area contributed by atoms with E-state index in [1.165, 1.54) is 4.31 Å². The van der Waals surface area contributed by atoms with E-state index in [4.69, 9.17) is 0 Å². The second kappa shape index (κ2) is 7.07. The number of alkyl halides is 2. The van der Waals surface area contributed by atoms with Crippen molar-refractivity contribution in [3.8, 4) is 5.75 Å². The number of hydrogen-bond donors (Lipinski definition) is 1. The lowest BCUT2D eigenvalue weighted by Gasteiger charge is -2.22. The summed E-state index contributed by atoms with van der Waals surface area (Å²) < 4.78 is 68.6. The maximum Gasteiger partial charge on any atom is 0.387 e. The molecule has 3 rings (SSSR count). The number of rotatable bonds is 4. The predicted octanol–water partition coefficient (Wildman–Crippen LogP) is 2.22. The van der Waals surface area contributed by atoms with Crippen LogP contribution in [0.15, 0.2) is 23.1 Å². The summed E-state index contributed by atoms with van der Waals surface area (Å²) in [6.07, 6.45) is 1.67. The Hall–Kier alpha value is -1.03. The minimum Gasteiger partial charge on any atom is -0.432 e. The zero-order valence-electron chi connectivity index (χ0n) is 12.7. The fourth-order valence-electron chi connectivity index (χ4n) is 3.23. The van der Waals surface area contributed by atoms with E-state index in [0.29, 0.717) is 13.1 Å². The highest BCUT2D eigenvalue weighted by Gasteiger charge is 2.44. The fraction of sp³-hybridized carbons (Fsp3) is 0.571. The van der Waals surface area contributed by atoms with E-state index in [0.717, 1.165) is 44.1 Å². The molecule has 1 aromatic carbocycles. The lowest BCUT2D eigenvalue weighted by atomic mass is 9.87. The van der Waals surface area contributed by atoms with E-state index in [2.05, 4.69) is 10.1 Å². The van der Waals surface area contributed by atoms with Gasteiger partial charge in [0.25, 0.3) is 0 Å². The van der Waals surface area contributed by atoms with Crippen LogP contribution in [0, 0.1) is 11.2 Å². The highest BCUT2D eigenvalue weighted by molar-refractivity contribution is 7.89. The quantitative estimate of drug-likeness (QED) is 0.862.